The van der Waals surface area contributed by atoms with Crippen LogP contribution in [0.2, 0.25) is 0 Å². The molecule has 0 bridgehead atoms. The molecule has 0 N–H and O–H groups in total. The van der Waals surface area contributed by atoms with Gasteiger partial charge in [-0.1, -0.05) is 32.9 Å². The molecule has 1 heterocycles. The predicted octanol–water partition coefficient (Wildman–Crippen LogP) is 3.10. The third kappa shape index (κ3) is 1.96. The summed E-state index contributed by atoms with van der Waals surface area (Å²) < 4.78 is 0. The van der Waals surface area contributed by atoms with Crippen LogP contribution in [0.1, 0.15) is 27.2 Å². The summed E-state index contributed by atoms with van der Waals surface area (Å²) in [6.07, 6.45) is 6.97. The Morgan fingerprint density at radius 2 is 2.25 bits per heavy atom. The van der Waals surface area contributed by atoms with Gasteiger partial charge in [0.15, 0.2) is 0 Å². The van der Waals surface area contributed by atoms with Gasteiger partial charge in [0.05, 0.1) is 5.70 Å². The number of aliphatic imine (C=N–C) groups is 1. The molecule has 0 amide bonds. The molecule has 0 atom stereocenters. The van der Waals surface area contributed by atoms with Gasteiger partial charge in [0, 0.05) is 0 Å². The summed E-state index contributed by atoms with van der Waals surface area (Å²) in [6.45, 7) is 6.51. The lowest BCUT2D eigenvalue weighted by atomic mass is 9.99. The summed E-state index contributed by atoms with van der Waals surface area (Å²) in [6, 6.07) is 0. The second-order valence-electron chi connectivity index (χ2n) is 3.18. The number of hydrogen-bond acceptors (Lipinski definition) is 1. The van der Waals surface area contributed by atoms with Crippen LogP contribution in [0.3, 0.4) is 0 Å². The minimum absolute atomic E-state index is 0.549. The Bertz CT molecular complexity index is 273. The maximum atomic E-state index is 4.26. The van der Waals surface area contributed by atoms with Gasteiger partial charge in [-0.25, -0.2) is 4.99 Å². The van der Waals surface area contributed by atoms with Crippen molar-refractivity contribution in [3.05, 3.63) is 29.5 Å². The van der Waals surface area contributed by atoms with Gasteiger partial charge >= 0.3 is 0 Å². The highest BCUT2D eigenvalue weighted by Gasteiger charge is 2.05. The van der Waals surface area contributed by atoms with Crippen molar-refractivity contribution in [2.75, 3.05) is 0 Å². The van der Waals surface area contributed by atoms with Crippen LogP contribution in [0.5, 0.6) is 0 Å². The molecule has 12 heavy (non-hydrogen) atoms. The molecular formula is C11H15N. The zero-order valence-corrected chi connectivity index (χ0v) is 7.96. The minimum Gasteiger partial charge on any atom is -0.210 e. The molecule has 1 rings (SSSR count). The van der Waals surface area contributed by atoms with E-state index in [2.05, 4.69) is 37.7 Å². The zero-order valence-electron chi connectivity index (χ0n) is 7.96. The molecule has 0 radical (unpaired) electrons. The first-order chi connectivity index (χ1) is 5.75. The van der Waals surface area contributed by atoms with E-state index < -0.39 is 0 Å². The zero-order chi connectivity index (χ0) is 8.97. The summed E-state index contributed by atoms with van der Waals surface area (Å²) in [4.78, 5) is 4.26. The quantitative estimate of drug-likeness (QED) is 0.590. The summed E-state index contributed by atoms with van der Waals surface area (Å²) in [5.41, 5.74) is 2.49. The first kappa shape index (κ1) is 9.02. The lowest BCUT2D eigenvalue weighted by Crippen LogP contribution is -1.94. The molecule has 1 nitrogen and oxygen atoms in total. The van der Waals surface area contributed by atoms with E-state index in [1.54, 1.807) is 0 Å². The van der Waals surface area contributed by atoms with Crippen molar-refractivity contribution in [2.24, 2.45) is 10.9 Å². The number of nitrogens with zero attached hydrogens (tertiary/aromatic N) is 1. The summed E-state index contributed by atoms with van der Waals surface area (Å²) in [5, 5.41) is 0. The van der Waals surface area contributed by atoms with Crippen LogP contribution in [0.4, 0.5) is 0 Å². The van der Waals surface area contributed by atoms with E-state index in [0.29, 0.717) is 5.92 Å². The fourth-order valence-corrected chi connectivity index (χ4v) is 1.28. The lowest BCUT2D eigenvalue weighted by Gasteiger charge is -2.08. The van der Waals surface area contributed by atoms with E-state index in [-0.39, 0.29) is 0 Å². The Morgan fingerprint density at radius 3 is 2.83 bits per heavy atom. The van der Waals surface area contributed by atoms with Crippen LogP contribution < -0.4 is 0 Å². The molecule has 64 valence electrons. The monoisotopic (exact) mass is 161 g/mol. The second kappa shape index (κ2) is 4.08. The highest BCUT2D eigenvalue weighted by molar-refractivity contribution is 5.59. The summed E-state index contributed by atoms with van der Waals surface area (Å²) in [7, 11) is 0. The van der Waals surface area contributed by atoms with Crippen molar-refractivity contribution < 1.29 is 0 Å². The van der Waals surface area contributed by atoms with E-state index >= 15 is 0 Å². The van der Waals surface area contributed by atoms with E-state index in [0.717, 1.165) is 12.1 Å². The van der Waals surface area contributed by atoms with Gasteiger partial charge in [0.1, 0.15) is 0 Å². The van der Waals surface area contributed by atoms with Crippen LogP contribution in [-0.4, -0.2) is 5.87 Å². The predicted molar refractivity (Wildman–Crippen MR) is 53.3 cm³/mol. The lowest BCUT2D eigenvalue weighted by molar-refractivity contribution is 0.769. The molecule has 0 fully saturated rings. The van der Waals surface area contributed by atoms with Crippen LogP contribution in [-0.2, 0) is 0 Å². The largest absolute Gasteiger partial charge is 0.210 e. The van der Waals surface area contributed by atoms with Gasteiger partial charge in [-0.2, -0.15) is 0 Å². The Labute approximate surface area is 74.2 Å². The van der Waals surface area contributed by atoms with Gasteiger partial charge in [-0.05, 0) is 29.9 Å². The first-order valence-electron chi connectivity index (χ1n) is 4.45. The van der Waals surface area contributed by atoms with Crippen LogP contribution in [0.15, 0.2) is 34.5 Å². The van der Waals surface area contributed by atoms with Crippen LogP contribution >= 0.6 is 0 Å². The normalized spacial score (nSPS) is 16.0. The molecule has 0 spiro atoms. The Kier molecular flexibility index (Phi) is 3.07. The van der Waals surface area contributed by atoms with Crippen LogP contribution in [0, 0.1) is 5.92 Å². The van der Waals surface area contributed by atoms with E-state index in [9.17, 15) is 0 Å². The highest BCUT2D eigenvalue weighted by atomic mass is 14.7. The molecule has 0 saturated heterocycles. The number of allylic oxidation sites excluding steroid dienone is 5. The van der Waals surface area contributed by atoms with Crippen molar-refractivity contribution in [3.63, 3.8) is 0 Å². The van der Waals surface area contributed by atoms with Crippen molar-refractivity contribution >= 4 is 5.87 Å². The molecule has 0 aromatic rings. The van der Waals surface area contributed by atoms with Crippen LogP contribution in [0.25, 0.3) is 0 Å². The number of rotatable bonds is 2. The minimum atomic E-state index is 0.549. The maximum absolute atomic E-state index is 4.26. The standard InChI is InChI=1S/C11H15N/c1-4-11-10(9(2)3)7-5-6-8-12-11/h5-7,9H,4H2,1-3H3. The summed E-state index contributed by atoms with van der Waals surface area (Å²) >= 11 is 0. The van der Waals surface area contributed by atoms with Gasteiger partial charge < -0.3 is 0 Å². The molecule has 0 saturated carbocycles. The smallest absolute Gasteiger partial charge is 0.0535 e. The average Bonchev–Trinajstić information content (AvgIpc) is 2.27. The highest BCUT2D eigenvalue weighted by Crippen LogP contribution is 2.20. The maximum Gasteiger partial charge on any atom is 0.0535 e. The van der Waals surface area contributed by atoms with Gasteiger partial charge in [-0.3, -0.25) is 0 Å². The summed E-state index contributed by atoms with van der Waals surface area (Å²) in [5.74, 6) is 3.44. The third-order valence-electron chi connectivity index (χ3n) is 1.94. The Morgan fingerprint density at radius 1 is 1.50 bits per heavy atom. The first-order valence-corrected chi connectivity index (χ1v) is 4.45. The number of hydrogen-bond donors (Lipinski definition) is 0. The molecule has 1 aliphatic heterocycles. The fraction of sp³-hybridized carbons (Fsp3) is 0.455. The van der Waals surface area contributed by atoms with Gasteiger partial charge in [0.2, 0.25) is 0 Å². The van der Waals surface area contributed by atoms with Crippen molar-refractivity contribution in [3.8, 4) is 0 Å². The molecule has 0 aliphatic carbocycles. The SMILES string of the molecule is CCC1=C(C(C)C)C=CC=C=N1. The van der Waals surface area contributed by atoms with Crippen molar-refractivity contribution in [2.45, 2.75) is 27.2 Å². The molecule has 1 aliphatic rings. The molecule has 0 aromatic heterocycles. The molecule has 0 aromatic carbocycles. The second-order valence-corrected chi connectivity index (χ2v) is 3.18. The Hall–Kier alpha value is -1.07. The van der Waals surface area contributed by atoms with E-state index in [4.69, 9.17) is 0 Å². The van der Waals surface area contributed by atoms with Crippen molar-refractivity contribution in [1.82, 2.24) is 0 Å². The average molecular weight is 161 g/mol. The van der Waals surface area contributed by atoms with Gasteiger partial charge in [0.25, 0.3) is 0 Å². The third-order valence-corrected chi connectivity index (χ3v) is 1.94. The molecule has 0 unspecified atom stereocenters. The van der Waals surface area contributed by atoms with Gasteiger partial charge in [-0.15, -0.1) is 0 Å². The van der Waals surface area contributed by atoms with E-state index in [1.807, 2.05) is 12.2 Å². The fourth-order valence-electron chi connectivity index (χ4n) is 1.28. The molecular weight excluding hydrogens is 146 g/mol. The van der Waals surface area contributed by atoms with E-state index in [1.165, 1.54) is 5.57 Å². The van der Waals surface area contributed by atoms with Crippen molar-refractivity contribution in [1.29, 1.82) is 0 Å². The molecule has 1 heteroatoms. The Balaban J connectivity index is 3.06. The topological polar surface area (TPSA) is 12.4 Å².